The Hall–Kier alpha value is -0.830. The van der Waals surface area contributed by atoms with E-state index in [2.05, 4.69) is 41.2 Å². The van der Waals surface area contributed by atoms with Crippen LogP contribution < -0.4 is 0 Å². The molecule has 0 bridgehead atoms. The summed E-state index contributed by atoms with van der Waals surface area (Å²) in [6, 6.07) is 0. The lowest BCUT2D eigenvalue weighted by Gasteiger charge is -2.68. The second-order valence-corrected chi connectivity index (χ2v) is 13.9. The smallest absolute Gasteiger partial charge is 0.309 e. The standard InChI is InChI=1S/C29H46O3/c1-17(2)18-11-14-29(25(31)32)16-15-27(5)19-9-10-22-26(3,4)23(30)12-13-28(22,6)20(19)7-8-21(27)24(18)29/h18-24,30H,1,7-16H2,2-6H3,(H,31,32)/t18-,19-,20-,21+,22+,23-,24+,27-,28+,29+/m1/s1. The molecular formula is C29H46O3. The first-order valence-electron chi connectivity index (χ1n) is 13.5. The highest BCUT2D eigenvalue weighted by Crippen LogP contribution is 2.73. The third kappa shape index (κ3) is 2.72. The van der Waals surface area contributed by atoms with Gasteiger partial charge in [0.15, 0.2) is 0 Å². The van der Waals surface area contributed by atoms with E-state index in [1.807, 2.05) is 0 Å². The van der Waals surface area contributed by atoms with Gasteiger partial charge in [-0.3, -0.25) is 4.79 Å². The van der Waals surface area contributed by atoms with Crippen molar-refractivity contribution >= 4 is 5.97 Å². The number of rotatable bonds is 2. The normalized spacial score (nSPS) is 54.0. The maximum Gasteiger partial charge on any atom is 0.309 e. The zero-order chi connectivity index (χ0) is 23.3. The first-order chi connectivity index (χ1) is 14.9. The van der Waals surface area contributed by atoms with Gasteiger partial charge in [-0.25, -0.2) is 0 Å². The average Bonchev–Trinajstić information content (AvgIpc) is 3.12. The third-order valence-electron chi connectivity index (χ3n) is 12.7. The Balaban J connectivity index is 1.52. The van der Waals surface area contributed by atoms with Crippen molar-refractivity contribution in [3.05, 3.63) is 12.2 Å². The van der Waals surface area contributed by atoms with Crippen LogP contribution in [0.1, 0.15) is 98.8 Å². The molecule has 0 amide bonds. The highest BCUT2D eigenvalue weighted by atomic mass is 16.4. The van der Waals surface area contributed by atoms with Crippen LogP contribution >= 0.6 is 0 Å². The lowest BCUT2D eigenvalue weighted by atomic mass is 9.36. The molecule has 0 spiro atoms. The zero-order valence-electron chi connectivity index (χ0n) is 21.1. The maximum atomic E-state index is 12.7. The van der Waals surface area contributed by atoms with Gasteiger partial charge in [0.25, 0.3) is 0 Å². The van der Waals surface area contributed by atoms with Gasteiger partial charge in [-0.1, -0.05) is 39.8 Å². The monoisotopic (exact) mass is 442 g/mol. The number of aliphatic hydroxyl groups is 1. The van der Waals surface area contributed by atoms with Crippen molar-refractivity contribution in [2.45, 2.75) is 105 Å². The molecule has 0 aromatic heterocycles. The van der Waals surface area contributed by atoms with E-state index >= 15 is 0 Å². The fraction of sp³-hybridized carbons (Fsp3) is 0.897. The summed E-state index contributed by atoms with van der Waals surface area (Å²) >= 11 is 0. The molecular weight excluding hydrogens is 396 g/mol. The average molecular weight is 443 g/mol. The molecule has 5 rings (SSSR count). The number of aliphatic carboxylic acids is 1. The van der Waals surface area contributed by atoms with Crippen LogP contribution in [0.15, 0.2) is 12.2 Å². The molecule has 5 fully saturated rings. The van der Waals surface area contributed by atoms with Crippen LogP contribution in [-0.4, -0.2) is 22.3 Å². The number of carboxylic acids is 1. The van der Waals surface area contributed by atoms with Gasteiger partial charge >= 0.3 is 5.97 Å². The number of aliphatic hydroxyl groups excluding tert-OH is 1. The van der Waals surface area contributed by atoms with Crippen LogP contribution in [0.4, 0.5) is 0 Å². The number of hydrogen-bond acceptors (Lipinski definition) is 2. The summed E-state index contributed by atoms with van der Waals surface area (Å²) in [4.78, 5) is 12.7. The fourth-order valence-corrected chi connectivity index (χ4v) is 11.0. The van der Waals surface area contributed by atoms with Gasteiger partial charge in [-0.2, -0.15) is 0 Å². The van der Waals surface area contributed by atoms with Crippen molar-refractivity contribution in [1.29, 1.82) is 0 Å². The van der Waals surface area contributed by atoms with E-state index in [0.717, 1.165) is 44.4 Å². The van der Waals surface area contributed by atoms with Crippen molar-refractivity contribution in [2.24, 2.45) is 57.2 Å². The van der Waals surface area contributed by atoms with E-state index in [1.165, 1.54) is 31.3 Å². The van der Waals surface area contributed by atoms with E-state index < -0.39 is 11.4 Å². The first kappa shape index (κ1) is 22.9. The van der Waals surface area contributed by atoms with Crippen LogP contribution in [0.5, 0.6) is 0 Å². The molecule has 0 heterocycles. The van der Waals surface area contributed by atoms with Gasteiger partial charge in [-0.05, 0) is 123 Å². The molecule has 0 aliphatic heterocycles. The van der Waals surface area contributed by atoms with Crippen LogP contribution in [0, 0.1) is 57.2 Å². The molecule has 0 aromatic carbocycles. The van der Waals surface area contributed by atoms with Gasteiger partial charge in [0.05, 0.1) is 11.5 Å². The van der Waals surface area contributed by atoms with Gasteiger partial charge in [-0.15, -0.1) is 0 Å². The van der Waals surface area contributed by atoms with Gasteiger partial charge < -0.3 is 10.2 Å². The molecule has 5 saturated carbocycles. The van der Waals surface area contributed by atoms with E-state index in [1.54, 1.807) is 0 Å². The third-order valence-corrected chi connectivity index (χ3v) is 12.7. The summed E-state index contributed by atoms with van der Waals surface area (Å²) in [5.41, 5.74) is 1.25. The van der Waals surface area contributed by atoms with E-state index in [4.69, 9.17) is 0 Å². The molecule has 0 unspecified atom stereocenters. The minimum atomic E-state index is -0.533. The van der Waals surface area contributed by atoms with Gasteiger partial charge in [0.1, 0.15) is 0 Å². The van der Waals surface area contributed by atoms with Crippen molar-refractivity contribution in [1.82, 2.24) is 0 Å². The predicted molar refractivity (Wildman–Crippen MR) is 128 cm³/mol. The molecule has 5 aliphatic rings. The number of hydrogen-bond donors (Lipinski definition) is 2. The Morgan fingerprint density at radius 3 is 2.09 bits per heavy atom. The highest BCUT2D eigenvalue weighted by molar-refractivity contribution is 5.76. The van der Waals surface area contributed by atoms with Gasteiger partial charge in [0, 0.05) is 0 Å². The summed E-state index contributed by atoms with van der Waals surface area (Å²) in [7, 11) is 0. The minimum Gasteiger partial charge on any atom is -0.481 e. The second kappa shape index (κ2) is 7.09. The summed E-state index contributed by atoms with van der Waals surface area (Å²) in [5, 5.41) is 21.3. The van der Waals surface area contributed by atoms with E-state index in [9.17, 15) is 15.0 Å². The molecule has 180 valence electrons. The number of allylic oxidation sites excluding steroid dienone is 1. The SMILES string of the molecule is C=C(C)[C@H]1CC[C@]2(C(=O)O)CC[C@]3(C)[C@@H]4CC[C@H]5C(C)(C)[C@H](O)CC[C@@]5(C)[C@@H]4CC[C@H]3[C@H]12. The molecule has 3 heteroatoms. The topological polar surface area (TPSA) is 57.5 Å². The van der Waals surface area contributed by atoms with E-state index in [0.29, 0.717) is 29.1 Å². The summed E-state index contributed by atoms with van der Waals surface area (Å²) in [6.07, 6.45) is 10.6. The second-order valence-electron chi connectivity index (χ2n) is 13.9. The highest BCUT2D eigenvalue weighted by Gasteiger charge is 2.68. The Kier molecular flexibility index (Phi) is 5.08. The lowest BCUT2D eigenvalue weighted by molar-refractivity contribution is -0.211. The predicted octanol–water partition coefficient (Wildman–Crippen LogP) is 6.70. The van der Waals surface area contributed by atoms with Crippen LogP contribution in [0.25, 0.3) is 0 Å². The fourth-order valence-electron chi connectivity index (χ4n) is 11.0. The lowest BCUT2D eigenvalue weighted by Crippen LogP contribution is -2.63. The Bertz CT molecular complexity index is 815. The largest absolute Gasteiger partial charge is 0.481 e. The Morgan fingerprint density at radius 2 is 1.44 bits per heavy atom. The molecule has 3 nitrogen and oxygen atoms in total. The summed E-state index contributed by atoms with van der Waals surface area (Å²) in [6.45, 7) is 16.2. The first-order valence-corrected chi connectivity index (χ1v) is 13.5. The molecule has 0 aromatic rings. The number of carboxylic acid groups (broad SMARTS) is 1. The van der Waals surface area contributed by atoms with Crippen molar-refractivity contribution in [3.63, 3.8) is 0 Å². The van der Waals surface area contributed by atoms with Crippen molar-refractivity contribution < 1.29 is 15.0 Å². The maximum absolute atomic E-state index is 12.7. The molecule has 2 N–H and O–H groups in total. The van der Waals surface area contributed by atoms with Crippen LogP contribution in [0.2, 0.25) is 0 Å². The molecule has 32 heavy (non-hydrogen) atoms. The van der Waals surface area contributed by atoms with E-state index in [-0.39, 0.29) is 22.9 Å². The number of carbonyl (C=O) groups is 1. The Labute approximate surface area is 195 Å². The number of fused-ring (bicyclic) bond motifs is 7. The molecule has 0 radical (unpaired) electrons. The van der Waals surface area contributed by atoms with Crippen LogP contribution in [0.3, 0.4) is 0 Å². The van der Waals surface area contributed by atoms with Gasteiger partial charge in [0.2, 0.25) is 0 Å². The summed E-state index contributed by atoms with van der Waals surface area (Å²) in [5.74, 6) is 2.64. The van der Waals surface area contributed by atoms with Crippen molar-refractivity contribution in [2.75, 3.05) is 0 Å². The minimum absolute atomic E-state index is 0.00273. The quantitative estimate of drug-likeness (QED) is 0.468. The van der Waals surface area contributed by atoms with Crippen molar-refractivity contribution in [3.8, 4) is 0 Å². The molecule has 0 saturated heterocycles. The van der Waals surface area contributed by atoms with Crippen LogP contribution in [-0.2, 0) is 4.79 Å². The molecule has 5 aliphatic carbocycles. The molecule has 10 atom stereocenters. The zero-order valence-corrected chi connectivity index (χ0v) is 21.1. The Morgan fingerprint density at radius 1 is 0.812 bits per heavy atom. The summed E-state index contributed by atoms with van der Waals surface area (Å²) < 4.78 is 0.